The molecular formula is C17H27NO6. The summed E-state index contributed by atoms with van der Waals surface area (Å²) in [4.78, 5) is 34.4. The lowest BCUT2D eigenvalue weighted by Crippen LogP contribution is -2.36. The zero-order chi connectivity index (χ0) is 17.9. The van der Waals surface area contributed by atoms with Gasteiger partial charge in [0.25, 0.3) is 0 Å². The molecule has 0 bridgehead atoms. The van der Waals surface area contributed by atoms with E-state index >= 15 is 0 Å². The van der Waals surface area contributed by atoms with Gasteiger partial charge < -0.3 is 14.8 Å². The third-order valence-corrected chi connectivity index (χ3v) is 3.66. The highest BCUT2D eigenvalue weighted by atomic mass is 17.2. The largest absolute Gasteiger partial charge is 0.465 e. The lowest BCUT2D eigenvalue weighted by Gasteiger charge is -2.19. The van der Waals surface area contributed by atoms with Crippen molar-refractivity contribution < 1.29 is 28.8 Å². The van der Waals surface area contributed by atoms with Crippen LogP contribution in [0.25, 0.3) is 0 Å². The number of hydrogen-bond donors (Lipinski definition) is 1. The molecule has 0 aliphatic carbocycles. The summed E-state index contributed by atoms with van der Waals surface area (Å²) in [6.07, 6.45) is 3.01. The minimum absolute atomic E-state index is 0.257. The van der Waals surface area contributed by atoms with Gasteiger partial charge in [-0.1, -0.05) is 19.1 Å². The average molecular weight is 341 g/mol. The number of carbonyl (C=O) groups excluding carboxylic acids is 2. The average Bonchev–Trinajstić information content (AvgIpc) is 2.97. The van der Waals surface area contributed by atoms with E-state index in [1.54, 1.807) is 0 Å². The van der Waals surface area contributed by atoms with Gasteiger partial charge in [-0.25, -0.2) is 4.79 Å². The molecule has 1 fully saturated rings. The maximum atomic E-state index is 12.4. The standard InChI is InChI=1S/C17H27NO6/c1-5-10-22-24-17(20)15-13(7-3)23-12(6-2)14(15)16(19)21-11-8-9-18-4/h6-7,12-15,18H,2-3,5,8-11H2,1,4H3. The minimum Gasteiger partial charge on any atom is -0.465 e. The fraction of sp³-hybridized carbons (Fsp3) is 0.647. The molecule has 7 heteroatoms. The van der Waals surface area contributed by atoms with Crippen LogP contribution in [0.1, 0.15) is 19.8 Å². The SMILES string of the molecule is C=CC1OC(C=C)C(C(=O)OOCCC)C1C(=O)OCCCNC. The van der Waals surface area contributed by atoms with Gasteiger partial charge in [0, 0.05) is 0 Å². The molecule has 1 N–H and O–H groups in total. The van der Waals surface area contributed by atoms with E-state index < -0.39 is 36.0 Å². The Hall–Kier alpha value is -1.70. The quantitative estimate of drug-likeness (QED) is 0.200. The van der Waals surface area contributed by atoms with Crippen molar-refractivity contribution in [3.05, 3.63) is 25.3 Å². The molecule has 0 amide bonds. The number of ether oxygens (including phenoxy) is 2. The second-order valence-electron chi connectivity index (χ2n) is 5.44. The summed E-state index contributed by atoms with van der Waals surface area (Å²) in [5, 5.41) is 2.97. The Morgan fingerprint density at radius 1 is 1.12 bits per heavy atom. The summed E-state index contributed by atoms with van der Waals surface area (Å²) in [5.74, 6) is -2.90. The highest BCUT2D eigenvalue weighted by Crippen LogP contribution is 2.36. The molecule has 0 aromatic carbocycles. The van der Waals surface area contributed by atoms with Gasteiger partial charge in [0.15, 0.2) is 0 Å². The third kappa shape index (κ3) is 5.43. The van der Waals surface area contributed by atoms with Gasteiger partial charge in [0.1, 0.15) is 11.8 Å². The summed E-state index contributed by atoms with van der Waals surface area (Å²) in [6.45, 7) is 10.5. The van der Waals surface area contributed by atoms with Crippen LogP contribution < -0.4 is 5.32 Å². The summed E-state index contributed by atoms with van der Waals surface area (Å²) in [5.41, 5.74) is 0. The molecule has 1 aliphatic rings. The molecule has 7 nitrogen and oxygen atoms in total. The zero-order valence-corrected chi connectivity index (χ0v) is 14.4. The summed E-state index contributed by atoms with van der Waals surface area (Å²) in [6, 6.07) is 0. The maximum absolute atomic E-state index is 12.4. The van der Waals surface area contributed by atoms with Gasteiger partial charge in [0.2, 0.25) is 0 Å². The summed E-state index contributed by atoms with van der Waals surface area (Å²) >= 11 is 0. The molecule has 0 saturated carbocycles. The van der Waals surface area contributed by atoms with Gasteiger partial charge >= 0.3 is 11.9 Å². The van der Waals surface area contributed by atoms with Crippen molar-refractivity contribution in [2.75, 3.05) is 26.8 Å². The minimum atomic E-state index is -0.876. The van der Waals surface area contributed by atoms with E-state index in [0.29, 0.717) is 12.8 Å². The van der Waals surface area contributed by atoms with E-state index in [0.717, 1.165) is 6.54 Å². The van der Waals surface area contributed by atoms with Crippen molar-refractivity contribution in [2.45, 2.75) is 32.0 Å². The highest BCUT2D eigenvalue weighted by molar-refractivity contribution is 5.84. The molecule has 0 aromatic rings. The predicted octanol–water partition coefficient (Wildman–Crippen LogP) is 1.40. The molecule has 0 spiro atoms. The maximum Gasteiger partial charge on any atom is 0.349 e. The van der Waals surface area contributed by atoms with Crippen LogP contribution in [-0.2, 0) is 28.8 Å². The van der Waals surface area contributed by atoms with Crippen LogP contribution in [0.4, 0.5) is 0 Å². The van der Waals surface area contributed by atoms with Crippen LogP contribution in [0.5, 0.6) is 0 Å². The topological polar surface area (TPSA) is 83.1 Å². The summed E-state index contributed by atoms with van der Waals surface area (Å²) < 4.78 is 10.9. The second kappa shape index (κ2) is 11.0. The van der Waals surface area contributed by atoms with E-state index in [4.69, 9.17) is 19.2 Å². The number of rotatable bonds is 11. The first-order valence-corrected chi connectivity index (χ1v) is 8.15. The number of esters is 1. The monoisotopic (exact) mass is 341 g/mol. The second-order valence-corrected chi connectivity index (χ2v) is 5.44. The van der Waals surface area contributed by atoms with Crippen LogP contribution in [0.3, 0.4) is 0 Å². The van der Waals surface area contributed by atoms with Crippen LogP contribution in [0, 0.1) is 11.8 Å². The van der Waals surface area contributed by atoms with Crippen LogP contribution >= 0.6 is 0 Å². The molecule has 1 aliphatic heterocycles. The zero-order valence-electron chi connectivity index (χ0n) is 14.4. The Balaban J connectivity index is 2.79. The third-order valence-electron chi connectivity index (χ3n) is 3.66. The van der Waals surface area contributed by atoms with E-state index in [-0.39, 0.29) is 13.2 Å². The predicted molar refractivity (Wildman–Crippen MR) is 87.9 cm³/mol. The summed E-state index contributed by atoms with van der Waals surface area (Å²) in [7, 11) is 1.82. The van der Waals surface area contributed by atoms with E-state index in [2.05, 4.69) is 18.5 Å². The number of hydrogen-bond acceptors (Lipinski definition) is 7. The van der Waals surface area contributed by atoms with Crippen LogP contribution in [-0.4, -0.2) is 51.0 Å². The first-order valence-electron chi connectivity index (χ1n) is 8.15. The van der Waals surface area contributed by atoms with Crippen molar-refractivity contribution in [1.29, 1.82) is 0 Å². The molecule has 24 heavy (non-hydrogen) atoms. The van der Waals surface area contributed by atoms with Gasteiger partial charge in [0.05, 0.1) is 25.4 Å². The van der Waals surface area contributed by atoms with Gasteiger partial charge in [-0.05, 0) is 26.4 Å². The first kappa shape index (κ1) is 20.3. The molecule has 0 radical (unpaired) electrons. The molecular weight excluding hydrogens is 314 g/mol. The molecule has 4 atom stereocenters. The Kier molecular flexibility index (Phi) is 9.29. The normalized spacial score (nSPS) is 25.9. The lowest BCUT2D eigenvalue weighted by molar-refractivity contribution is -0.277. The van der Waals surface area contributed by atoms with E-state index in [9.17, 15) is 9.59 Å². The lowest BCUT2D eigenvalue weighted by atomic mass is 9.87. The number of nitrogens with one attached hydrogen (secondary N) is 1. The Labute approximate surface area is 142 Å². The molecule has 1 heterocycles. The van der Waals surface area contributed by atoms with E-state index in [1.165, 1.54) is 12.2 Å². The van der Waals surface area contributed by atoms with Crippen molar-refractivity contribution in [2.24, 2.45) is 11.8 Å². The molecule has 1 rings (SSSR count). The Morgan fingerprint density at radius 3 is 2.29 bits per heavy atom. The van der Waals surface area contributed by atoms with Crippen molar-refractivity contribution >= 4 is 11.9 Å². The van der Waals surface area contributed by atoms with E-state index in [1.807, 2.05) is 14.0 Å². The highest BCUT2D eigenvalue weighted by Gasteiger charge is 2.52. The molecule has 0 aromatic heterocycles. The van der Waals surface area contributed by atoms with Crippen LogP contribution in [0.2, 0.25) is 0 Å². The van der Waals surface area contributed by atoms with Crippen molar-refractivity contribution in [1.82, 2.24) is 5.32 Å². The fourth-order valence-corrected chi connectivity index (χ4v) is 2.48. The van der Waals surface area contributed by atoms with Crippen LogP contribution in [0.15, 0.2) is 25.3 Å². The molecule has 1 saturated heterocycles. The van der Waals surface area contributed by atoms with Gasteiger partial charge in [-0.3, -0.25) is 9.68 Å². The van der Waals surface area contributed by atoms with Crippen molar-refractivity contribution in [3.8, 4) is 0 Å². The Morgan fingerprint density at radius 2 is 1.75 bits per heavy atom. The first-order chi connectivity index (χ1) is 11.6. The Bertz CT molecular complexity index is 439. The van der Waals surface area contributed by atoms with Gasteiger partial charge in [-0.15, -0.1) is 13.2 Å². The smallest absolute Gasteiger partial charge is 0.349 e. The van der Waals surface area contributed by atoms with Crippen molar-refractivity contribution in [3.63, 3.8) is 0 Å². The van der Waals surface area contributed by atoms with Gasteiger partial charge in [-0.2, -0.15) is 4.89 Å². The fourth-order valence-electron chi connectivity index (χ4n) is 2.48. The number of carbonyl (C=O) groups is 2. The molecule has 136 valence electrons. The molecule has 4 unspecified atom stereocenters.